The van der Waals surface area contributed by atoms with Crippen LogP contribution in [0.3, 0.4) is 0 Å². The molecule has 0 N–H and O–H groups in total. The van der Waals surface area contributed by atoms with Gasteiger partial charge in [-0.2, -0.15) is 0 Å². The molecule has 14 heavy (non-hydrogen) atoms. The minimum Gasteiger partial charge on any atom is -0.372 e. The molecule has 1 saturated carbocycles. The fourth-order valence-corrected chi connectivity index (χ4v) is 1.06. The smallest absolute Gasteiger partial charge is 0.322 e. The van der Waals surface area contributed by atoms with Gasteiger partial charge in [-0.05, 0) is 30.9 Å². The van der Waals surface area contributed by atoms with Gasteiger partial charge in [0, 0.05) is 5.56 Å². The van der Waals surface area contributed by atoms with E-state index in [0.29, 0.717) is 0 Å². The zero-order valence-electron chi connectivity index (χ0n) is 7.69. The molecule has 0 atom stereocenters. The first kappa shape index (κ1) is 8.83. The third kappa shape index (κ3) is 2.37. The first-order chi connectivity index (χ1) is 6.86. The predicted octanol–water partition coefficient (Wildman–Crippen LogP) is 1.95. The first-order valence-corrected chi connectivity index (χ1v) is 4.63. The number of hydrogen-bond acceptors (Lipinski definition) is 2. The van der Waals surface area contributed by atoms with Crippen molar-refractivity contribution in [2.75, 3.05) is 0 Å². The van der Waals surface area contributed by atoms with Crippen LogP contribution in [0.5, 0.6) is 0 Å². The summed E-state index contributed by atoms with van der Waals surface area (Å²) >= 11 is 0. The summed E-state index contributed by atoms with van der Waals surface area (Å²) in [6.07, 6.45) is 4.32. The SMILES string of the molecule is O=C(OC#Cc1ccccc1)C1CC1. The maximum absolute atomic E-state index is 11.1. The molecule has 1 aromatic carbocycles. The predicted molar refractivity (Wildman–Crippen MR) is 52.1 cm³/mol. The standard InChI is InChI=1S/C12H10O2/c13-12(11-6-7-11)14-9-8-10-4-2-1-3-5-10/h1-5,11H,6-7H2. The lowest BCUT2D eigenvalue weighted by Crippen LogP contribution is -2.01. The molecule has 2 rings (SSSR count). The van der Waals surface area contributed by atoms with Gasteiger partial charge < -0.3 is 4.74 Å². The lowest BCUT2D eigenvalue weighted by atomic mass is 10.2. The number of hydrogen-bond donors (Lipinski definition) is 0. The van der Waals surface area contributed by atoms with Crippen molar-refractivity contribution >= 4 is 5.97 Å². The Bertz CT molecular complexity index is 380. The van der Waals surface area contributed by atoms with Crippen LogP contribution in [0.2, 0.25) is 0 Å². The summed E-state index contributed by atoms with van der Waals surface area (Å²) in [7, 11) is 0. The van der Waals surface area contributed by atoms with E-state index in [9.17, 15) is 4.79 Å². The zero-order chi connectivity index (χ0) is 9.80. The van der Waals surface area contributed by atoms with E-state index in [1.165, 1.54) is 0 Å². The summed E-state index contributed by atoms with van der Waals surface area (Å²) in [6, 6.07) is 9.46. The van der Waals surface area contributed by atoms with Crippen molar-refractivity contribution < 1.29 is 9.53 Å². The number of rotatable bonds is 1. The molecule has 1 aliphatic carbocycles. The van der Waals surface area contributed by atoms with E-state index in [2.05, 4.69) is 12.0 Å². The van der Waals surface area contributed by atoms with Gasteiger partial charge in [0.2, 0.25) is 0 Å². The average Bonchev–Trinajstić information content (AvgIpc) is 3.02. The summed E-state index contributed by atoms with van der Waals surface area (Å²) in [5.74, 6) is 2.69. The van der Waals surface area contributed by atoms with E-state index >= 15 is 0 Å². The summed E-state index contributed by atoms with van der Waals surface area (Å²) in [5, 5.41) is 0. The Hall–Kier alpha value is -1.75. The summed E-state index contributed by atoms with van der Waals surface area (Å²) in [5.41, 5.74) is 0.857. The summed E-state index contributed by atoms with van der Waals surface area (Å²) in [6.45, 7) is 0. The Kier molecular flexibility index (Phi) is 2.51. The van der Waals surface area contributed by atoms with Gasteiger partial charge >= 0.3 is 5.97 Å². The molecule has 2 heteroatoms. The first-order valence-electron chi connectivity index (χ1n) is 4.63. The van der Waals surface area contributed by atoms with Crippen LogP contribution < -0.4 is 0 Å². The average molecular weight is 186 g/mol. The van der Waals surface area contributed by atoms with Crippen LogP contribution in [0, 0.1) is 17.9 Å². The van der Waals surface area contributed by atoms with E-state index in [0.717, 1.165) is 18.4 Å². The van der Waals surface area contributed by atoms with Crippen LogP contribution in [0.1, 0.15) is 18.4 Å². The highest BCUT2D eigenvalue weighted by atomic mass is 16.5. The Balaban J connectivity index is 1.90. The van der Waals surface area contributed by atoms with Gasteiger partial charge in [-0.15, -0.1) is 0 Å². The topological polar surface area (TPSA) is 26.3 Å². The van der Waals surface area contributed by atoms with Gasteiger partial charge in [0.15, 0.2) is 0 Å². The highest BCUT2D eigenvalue weighted by molar-refractivity contribution is 5.75. The molecule has 0 amide bonds. The number of carbonyl (C=O) groups excluding carboxylic acids is 1. The van der Waals surface area contributed by atoms with Crippen molar-refractivity contribution in [3.8, 4) is 12.0 Å². The molecule has 0 unspecified atom stereocenters. The third-order valence-corrected chi connectivity index (χ3v) is 2.03. The van der Waals surface area contributed by atoms with Gasteiger partial charge in [-0.3, -0.25) is 4.79 Å². The monoisotopic (exact) mass is 186 g/mol. The van der Waals surface area contributed by atoms with E-state index in [1.807, 2.05) is 30.3 Å². The molecule has 0 saturated heterocycles. The van der Waals surface area contributed by atoms with Gasteiger partial charge in [-0.25, -0.2) is 0 Å². The van der Waals surface area contributed by atoms with Gasteiger partial charge in [0.25, 0.3) is 0 Å². The van der Waals surface area contributed by atoms with E-state index in [4.69, 9.17) is 4.74 Å². The van der Waals surface area contributed by atoms with Crippen LogP contribution in [-0.4, -0.2) is 5.97 Å². The van der Waals surface area contributed by atoms with Crippen LogP contribution >= 0.6 is 0 Å². The number of carbonyl (C=O) groups is 1. The number of ether oxygens (including phenoxy) is 1. The highest BCUT2D eigenvalue weighted by Crippen LogP contribution is 2.29. The molecule has 0 heterocycles. The van der Waals surface area contributed by atoms with Crippen molar-refractivity contribution in [3.05, 3.63) is 35.9 Å². The molecule has 0 radical (unpaired) electrons. The molecule has 1 fully saturated rings. The third-order valence-electron chi connectivity index (χ3n) is 2.03. The second-order valence-electron chi connectivity index (χ2n) is 3.29. The normalized spacial score (nSPS) is 14.0. The summed E-state index contributed by atoms with van der Waals surface area (Å²) < 4.78 is 4.77. The Morgan fingerprint density at radius 2 is 2.00 bits per heavy atom. The minimum atomic E-state index is -0.187. The molecule has 0 spiro atoms. The van der Waals surface area contributed by atoms with Crippen molar-refractivity contribution in [1.29, 1.82) is 0 Å². The molecule has 70 valence electrons. The van der Waals surface area contributed by atoms with Crippen molar-refractivity contribution in [2.24, 2.45) is 5.92 Å². The quantitative estimate of drug-likeness (QED) is 0.495. The Morgan fingerprint density at radius 3 is 2.64 bits per heavy atom. The second kappa shape index (κ2) is 3.97. The molecular weight excluding hydrogens is 176 g/mol. The fourth-order valence-electron chi connectivity index (χ4n) is 1.06. The second-order valence-corrected chi connectivity index (χ2v) is 3.29. The lowest BCUT2D eigenvalue weighted by molar-refractivity contribution is -0.138. The van der Waals surface area contributed by atoms with Crippen LogP contribution in [0.15, 0.2) is 30.3 Å². The van der Waals surface area contributed by atoms with Crippen LogP contribution in [0.25, 0.3) is 0 Å². The molecule has 0 aromatic heterocycles. The molecule has 0 bridgehead atoms. The minimum absolute atomic E-state index is 0.111. The largest absolute Gasteiger partial charge is 0.372 e. The van der Waals surface area contributed by atoms with Crippen molar-refractivity contribution in [2.45, 2.75) is 12.8 Å². The molecule has 1 aliphatic rings. The van der Waals surface area contributed by atoms with Gasteiger partial charge in [0.1, 0.15) is 6.11 Å². The van der Waals surface area contributed by atoms with E-state index in [1.54, 1.807) is 0 Å². The Morgan fingerprint density at radius 1 is 1.29 bits per heavy atom. The zero-order valence-corrected chi connectivity index (χ0v) is 7.69. The van der Waals surface area contributed by atoms with Crippen molar-refractivity contribution in [3.63, 3.8) is 0 Å². The van der Waals surface area contributed by atoms with Crippen LogP contribution in [-0.2, 0) is 9.53 Å². The number of benzene rings is 1. The van der Waals surface area contributed by atoms with E-state index < -0.39 is 0 Å². The number of esters is 1. The molecule has 2 nitrogen and oxygen atoms in total. The lowest BCUT2D eigenvalue weighted by Gasteiger charge is -1.90. The van der Waals surface area contributed by atoms with Gasteiger partial charge in [-0.1, -0.05) is 18.2 Å². The maximum atomic E-state index is 11.1. The highest BCUT2D eigenvalue weighted by Gasteiger charge is 2.31. The molecule has 1 aromatic rings. The Labute approximate surface area is 82.9 Å². The fraction of sp³-hybridized carbons (Fsp3) is 0.250. The van der Waals surface area contributed by atoms with Gasteiger partial charge in [0.05, 0.1) is 5.92 Å². The van der Waals surface area contributed by atoms with Crippen molar-refractivity contribution in [1.82, 2.24) is 0 Å². The maximum Gasteiger partial charge on any atom is 0.322 e. The summed E-state index contributed by atoms with van der Waals surface area (Å²) in [4.78, 5) is 11.1. The van der Waals surface area contributed by atoms with Crippen LogP contribution in [0.4, 0.5) is 0 Å². The van der Waals surface area contributed by atoms with E-state index in [-0.39, 0.29) is 11.9 Å². The molecule has 0 aliphatic heterocycles. The molecular formula is C12H10O2.